The summed E-state index contributed by atoms with van der Waals surface area (Å²) in [5.41, 5.74) is 7.06. The molecule has 1 aromatic rings. The molecule has 2 atom stereocenters. The maximum absolute atomic E-state index is 5.92. The van der Waals surface area contributed by atoms with E-state index in [4.69, 9.17) is 5.73 Å². The molecule has 1 aliphatic heterocycles. The fraction of sp³-hybridized carbons (Fsp3) is 0.750. The molecule has 1 aliphatic rings. The largest absolute Gasteiger partial charge is 0.333 e. The van der Waals surface area contributed by atoms with E-state index in [0.29, 0.717) is 0 Å². The summed E-state index contributed by atoms with van der Waals surface area (Å²) in [7, 11) is 0. The van der Waals surface area contributed by atoms with Crippen LogP contribution in [0.5, 0.6) is 0 Å². The lowest BCUT2D eigenvalue weighted by Gasteiger charge is -2.16. The average molecular weight is 222 g/mol. The van der Waals surface area contributed by atoms with E-state index in [2.05, 4.69) is 21.4 Å². The lowest BCUT2D eigenvalue weighted by atomic mass is 10.1. The van der Waals surface area contributed by atoms with Gasteiger partial charge in [0.2, 0.25) is 0 Å². The molecule has 1 fully saturated rings. The first kappa shape index (κ1) is 11.6. The summed E-state index contributed by atoms with van der Waals surface area (Å²) in [6.07, 6.45) is 5.09. The standard InChI is InChI=1S/C12H22N4/c1-3-15-5-4-11(7-15)8-16-9-14-6-12(16)10(2)13/h6,9-11H,3-5,7-8,13H2,1-2H3. The normalized spacial score (nSPS) is 23.8. The van der Waals surface area contributed by atoms with E-state index >= 15 is 0 Å². The molecule has 0 spiro atoms. The first-order valence-electron chi connectivity index (χ1n) is 6.18. The van der Waals surface area contributed by atoms with Crippen LogP contribution in [-0.2, 0) is 6.54 Å². The molecular weight excluding hydrogens is 200 g/mol. The maximum atomic E-state index is 5.92. The summed E-state index contributed by atoms with van der Waals surface area (Å²) >= 11 is 0. The molecule has 0 aromatic carbocycles. The predicted octanol–water partition coefficient (Wildman–Crippen LogP) is 1.24. The van der Waals surface area contributed by atoms with Crippen molar-refractivity contribution in [2.75, 3.05) is 19.6 Å². The minimum Gasteiger partial charge on any atom is -0.333 e. The highest BCUT2D eigenvalue weighted by Crippen LogP contribution is 2.19. The third-order valence-corrected chi connectivity index (χ3v) is 3.48. The molecule has 2 heterocycles. The number of nitrogens with two attached hydrogens (primary N) is 1. The first-order valence-corrected chi connectivity index (χ1v) is 6.18. The Morgan fingerprint density at radius 3 is 3.06 bits per heavy atom. The van der Waals surface area contributed by atoms with Gasteiger partial charge in [-0.1, -0.05) is 6.92 Å². The second-order valence-electron chi connectivity index (χ2n) is 4.81. The van der Waals surface area contributed by atoms with Gasteiger partial charge < -0.3 is 15.2 Å². The average Bonchev–Trinajstić information content (AvgIpc) is 2.87. The Morgan fingerprint density at radius 1 is 1.62 bits per heavy atom. The van der Waals surface area contributed by atoms with Crippen LogP contribution in [0, 0.1) is 5.92 Å². The zero-order valence-electron chi connectivity index (χ0n) is 10.3. The van der Waals surface area contributed by atoms with Crippen LogP contribution in [0.3, 0.4) is 0 Å². The summed E-state index contributed by atoms with van der Waals surface area (Å²) in [5.74, 6) is 0.756. The van der Waals surface area contributed by atoms with Gasteiger partial charge in [0, 0.05) is 25.3 Å². The van der Waals surface area contributed by atoms with Crippen LogP contribution < -0.4 is 5.73 Å². The Labute approximate surface area is 97.4 Å². The Kier molecular flexibility index (Phi) is 3.61. The molecule has 90 valence electrons. The molecule has 0 saturated carbocycles. The van der Waals surface area contributed by atoms with Crippen LogP contribution in [0.1, 0.15) is 32.0 Å². The zero-order valence-corrected chi connectivity index (χ0v) is 10.3. The molecule has 0 amide bonds. The second kappa shape index (κ2) is 4.97. The monoisotopic (exact) mass is 222 g/mol. The highest BCUT2D eigenvalue weighted by atomic mass is 15.2. The topological polar surface area (TPSA) is 47.1 Å². The number of imidazole rings is 1. The number of aromatic nitrogens is 2. The van der Waals surface area contributed by atoms with E-state index in [1.54, 1.807) is 0 Å². The van der Waals surface area contributed by atoms with Crippen molar-refractivity contribution in [1.82, 2.24) is 14.5 Å². The molecule has 1 saturated heterocycles. The molecule has 0 aliphatic carbocycles. The third kappa shape index (κ3) is 2.44. The lowest BCUT2D eigenvalue weighted by molar-refractivity contribution is 0.331. The second-order valence-corrected chi connectivity index (χ2v) is 4.81. The molecule has 2 rings (SSSR count). The minimum atomic E-state index is 0.0752. The number of hydrogen-bond acceptors (Lipinski definition) is 3. The first-order chi connectivity index (χ1) is 7.70. The van der Waals surface area contributed by atoms with Gasteiger partial charge in [0.25, 0.3) is 0 Å². The van der Waals surface area contributed by atoms with E-state index in [1.165, 1.54) is 26.1 Å². The van der Waals surface area contributed by atoms with Crippen molar-refractivity contribution in [3.63, 3.8) is 0 Å². The highest BCUT2D eigenvalue weighted by molar-refractivity contribution is 5.03. The van der Waals surface area contributed by atoms with Crippen molar-refractivity contribution < 1.29 is 0 Å². The number of likely N-dealkylation sites (tertiary alicyclic amines) is 1. The van der Waals surface area contributed by atoms with Gasteiger partial charge in [-0.25, -0.2) is 4.98 Å². The smallest absolute Gasteiger partial charge is 0.0948 e. The molecule has 16 heavy (non-hydrogen) atoms. The van der Waals surface area contributed by atoms with Crippen LogP contribution in [0.25, 0.3) is 0 Å². The van der Waals surface area contributed by atoms with Gasteiger partial charge in [-0.3, -0.25) is 0 Å². The highest BCUT2D eigenvalue weighted by Gasteiger charge is 2.22. The Hall–Kier alpha value is -0.870. The van der Waals surface area contributed by atoms with Crippen molar-refractivity contribution in [2.45, 2.75) is 32.9 Å². The van der Waals surface area contributed by atoms with Crippen molar-refractivity contribution in [3.8, 4) is 0 Å². The summed E-state index contributed by atoms with van der Waals surface area (Å²) in [6.45, 7) is 8.93. The number of rotatable bonds is 4. The Bertz CT molecular complexity index is 332. The quantitative estimate of drug-likeness (QED) is 0.834. The van der Waals surface area contributed by atoms with Crippen molar-refractivity contribution >= 4 is 0 Å². The molecule has 0 radical (unpaired) electrons. The summed E-state index contributed by atoms with van der Waals surface area (Å²) < 4.78 is 2.22. The van der Waals surface area contributed by atoms with Crippen molar-refractivity contribution in [1.29, 1.82) is 0 Å². The van der Waals surface area contributed by atoms with Crippen LogP contribution in [0.4, 0.5) is 0 Å². The fourth-order valence-electron chi connectivity index (χ4n) is 2.49. The minimum absolute atomic E-state index is 0.0752. The SMILES string of the molecule is CCN1CCC(Cn2cncc2C(C)N)C1. The van der Waals surface area contributed by atoms with Crippen LogP contribution >= 0.6 is 0 Å². The molecule has 4 heteroatoms. The van der Waals surface area contributed by atoms with Gasteiger partial charge >= 0.3 is 0 Å². The molecule has 0 bridgehead atoms. The van der Waals surface area contributed by atoms with E-state index in [9.17, 15) is 0 Å². The van der Waals surface area contributed by atoms with Crippen LogP contribution in [0.2, 0.25) is 0 Å². The molecule has 2 N–H and O–H groups in total. The molecule has 1 aromatic heterocycles. The number of hydrogen-bond donors (Lipinski definition) is 1. The van der Waals surface area contributed by atoms with Gasteiger partial charge in [-0.2, -0.15) is 0 Å². The maximum Gasteiger partial charge on any atom is 0.0948 e. The van der Waals surface area contributed by atoms with Crippen molar-refractivity contribution in [3.05, 3.63) is 18.2 Å². The summed E-state index contributed by atoms with van der Waals surface area (Å²) in [5, 5.41) is 0. The van der Waals surface area contributed by atoms with E-state index in [0.717, 1.165) is 18.2 Å². The molecule has 2 unspecified atom stereocenters. The Balaban J connectivity index is 1.96. The van der Waals surface area contributed by atoms with Gasteiger partial charge in [0.1, 0.15) is 0 Å². The number of nitrogens with zero attached hydrogens (tertiary/aromatic N) is 3. The fourth-order valence-corrected chi connectivity index (χ4v) is 2.49. The summed E-state index contributed by atoms with van der Waals surface area (Å²) in [4.78, 5) is 6.70. The van der Waals surface area contributed by atoms with Gasteiger partial charge in [0.05, 0.1) is 12.0 Å². The van der Waals surface area contributed by atoms with Gasteiger partial charge in [-0.05, 0) is 32.4 Å². The lowest BCUT2D eigenvalue weighted by Crippen LogP contribution is -2.22. The van der Waals surface area contributed by atoms with Gasteiger partial charge in [0.15, 0.2) is 0 Å². The molecular formula is C12H22N4. The zero-order chi connectivity index (χ0) is 11.5. The van der Waals surface area contributed by atoms with E-state index in [-0.39, 0.29) is 6.04 Å². The molecule has 4 nitrogen and oxygen atoms in total. The summed E-state index contributed by atoms with van der Waals surface area (Å²) in [6, 6.07) is 0.0752. The van der Waals surface area contributed by atoms with Crippen LogP contribution in [-0.4, -0.2) is 34.1 Å². The third-order valence-electron chi connectivity index (χ3n) is 3.48. The van der Waals surface area contributed by atoms with E-state index in [1.807, 2.05) is 19.4 Å². The Morgan fingerprint density at radius 2 is 2.44 bits per heavy atom. The van der Waals surface area contributed by atoms with E-state index < -0.39 is 0 Å². The van der Waals surface area contributed by atoms with Crippen molar-refractivity contribution in [2.24, 2.45) is 11.7 Å². The predicted molar refractivity (Wildman–Crippen MR) is 65.1 cm³/mol. The van der Waals surface area contributed by atoms with Gasteiger partial charge in [-0.15, -0.1) is 0 Å². The van der Waals surface area contributed by atoms with Crippen LogP contribution in [0.15, 0.2) is 12.5 Å².